The SMILES string of the molecule is O=S1(=O)CCC(NC(=S)NC2CS(=O)(=O)CC2NC(=S)NC2CCS(=O)(=O)C2)C1. The third-order valence-electron chi connectivity index (χ3n) is 5.12. The second kappa shape index (κ2) is 8.40. The maximum Gasteiger partial charge on any atom is 0.166 e. The van der Waals surface area contributed by atoms with E-state index in [9.17, 15) is 25.3 Å². The number of rotatable bonds is 4. The molecule has 4 atom stereocenters. The molecule has 4 unspecified atom stereocenters. The van der Waals surface area contributed by atoms with Crippen LogP contribution in [0.3, 0.4) is 0 Å². The minimum Gasteiger partial charge on any atom is -0.359 e. The van der Waals surface area contributed by atoms with Crippen LogP contribution in [0.2, 0.25) is 0 Å². The van der Waals surface area contributed by atoms with Gasteiger partial charge in [-0.1, -0.05) is 0 Å². The molecule has 3 saturated heterocycles. The average Bonchev–Trinajstić information content (AvgIpc) is 3.14. The molecular formula is C14H24N4O6S5. The third-order valence-corrected chi connectivity index (χ3v) is 10.9. The number of nitrogens with one attached hydrogen (secondary N) is 4. The molecule has 0 aromatic heterocycles. The highest BCUT2D eigenvalue weighted by Crippen LogP contribution is 2.15. The number of hydrogen-bond donors (Lipinski definition) is 4. The Morgan fingerprint density at radius 2 is 0.966 bits per heavy atom. The van der Waals surface area contributed by atoms with Gasteiger partial charge in [-0.3, -0.25) is 0 Å². The molecule has 0 aromatic carbocycles. The fourth-order valence-electron chi connectivity index (χ4n) is 3.74. The molecule has 3 aliphatic rings. The first-order valence-corrected chi connectivity index (χ1v) is 15.4. The van der Waals surface area contributed by atoms with Crippen molar-refractivity contribution in [3.05, 3.63) is 0 Å². The highest BCUT2D eigenvalue weighted by molar-refractivity contribution is 7.92. The summed E-state index contributed by atoms with van der Waals surface area (Å²) in [6.45, 7) is 0. The molecular weight excluding hydrogens is 481 g/mol. The first kappa shape index (κ1) is 22.9. The Morgan fingerprint density at radius 3 is 1.28 bits per heavy atom. The first-order chi connectivity index (χ1) is 13.3. The molecule has 0 saturated carbocycles. The van der Waals surface area contributed by atoms with Gasteiger partial charge in [0.15, 0.2) is 39.7 Å². The molecule has 3 fully saturated rings. The molecule has 10 nitrogen and oxygen atoms in total. The first-order valence-electron chi connectivity index (χ1n) is 9.08. The third kappa shape index (κ3) is 6.60. The summed E-state index contributed by atoms with van der Waals surface area (Å²) in [5, 5.41) is 12.2. The molecule has 3 heterocycles. The molecule has 0 spiro atoms. The van der Waals surface area contributed by atoms with E-state index in [0.717, 1.165) is 0 Å². The van der Waals surface area contributed by atoms with Crippen molar-refractivity contribution in [3.63, 3.8) is 0 Å². The molecule has 166 valence electrons. The highest BCUT2D eigenvalue weighted by Gasteiger charge is 2.39. The maximum absolute atomic E-state index is 12.1. The van der Waals surface area contributed by atoms with Gasteiger partial charge in [-0.2, -0.15) is 0 Å². The van der Waals surface area contributed by atoms with Gasteiger partial charge < -0.3 is 21.3 Å². The van der Waals surface area contributed by atoms with E-state index in [-0.39, 0.29) is 56.8 Å². The fraction of sp³-hybridized carbons (Fsp3) is 0.857. The summed E-state index contributed by atoms with van der Waals surface area (Å²) < 4.78 is 70.4. The van der Waals surface area contributed by atoms with Crippen LogP contribution in [-0.4, -0.2) is 94.2 Å². The lowest BCUT2D eigenvalue weighted by molar-refractivity contribution is 0.526. The molecule has 29 heavy (non-hydrogen) atoms. The number of thiocarbonyl (C=S) groups is 2. The maximum atomic E-state index is 12.1. The van der Waals surface area contributed by atoms with Gasteiger partial charge in [0.05, 0.1) is 46.6 Å². The molecule has 15 heteroatoms. The zero-order valence-electron chi connectivity index (χ0n) is 15.5. The summed E-state index contributed by atoms with van der Waals surface area (Å²) in [5.74, 6) is -0.0839. The van der Waals surface area contributed by atoms with Crippen LogP contribution in [0.5, 0.6) is 0 Å². The van der Waals surface area contributed by atoms with E-state index in [4.69, 9.17) is 24.4 Å². The van der Waals surface area contributed by atoms with E-state index in [1.807, 2.05) is 0 Å². The minimum atomic E-state index is -3.32. The quantitative estimate of drug-likeness (QED) is 0.299. The summed E-state index contributed by atoms with van der Waals surface area (Å²) in [6.07, 6.45) is 0.903. The van der Waals surface area contributed by atoms with Gasteiger partial charge in [0.1, 0.15) is 0 Å². The van der Waals surface area contributed by atoms with Gasteiger partial charge in [-0.15, -0.1) is 0 Å². The lowest BCUT2D eigenvalue weighted by atomic mass is 10.2. The Bertz CT molecular complexity index is 920. The van der Waals surface area contributed by atoms with Crippen LogP contribution in [-0.2, 0) is 29.5 Å². The number of hydrogen-bond acceptors (Lipinski definition) is 8. The predicted molar refractivity (Wildman–Crippen MR) is 118 cm³/mol. The van der Waals surface area contributed by atoms with Crippen molar-refractivity contribution in [1.82, 2.24) is 21.3 Å². The monoisotopic (exact) mass is 504 g/mol. The van der Waals surface area contributed by atoms with Crippen LogP contribution >= 0.6 is 24.4 Å². The molecule has 0 aliphatic carbocycles. The van der Waals surface area contributed by atoms with Gasteiger partial charge >= 0.3 is 0 Å². The van der Waals surface area contributed by atoms with E-state index < -0.39 is 41.6 Å². The molecule has 0 bridgehead atoms. The Hall–Kier alpha value is -0.770. The van der Waals surface area contributed by atoms with Crippen LogP contribution in [0.4, 0.5) is 0 Å². The van der Waals surface area contributed by atoms with Crippen molar-refractivity contribution in [2.24, 2.45) is 0 Å². The van der Waals surface area contributed by atoms with Crippen molar-refractivity contribution in [2.75, 3.05) is 34.5 Å². The van der Waals surface area contributed by atoms with Gasteiger partial charge in [0.25, 0.3) is 0 Å². The average molecular weight is 505 g/mol. The Balaban J connectivity index is 1.54. The molecule has 3 rings (SSSR count). The summed E-state index contributed by atoms with van der Waals surface area (Å²) in [6, 6.07) is -1.69. The van der Waals surface area contributed by atoms with Gasteiger partial charge in [0.2, 0.25) is 0 Å². The lowest BCUT2D eigenvalue weighted by Crippen LogP contribution is -2.56. The van der Waals surface area contributed by atoms with Crippen molar-refractivity contribution in [1.29, 1.82) is 0 Å². The van der Waals surface area contributed by atoms with E-state index in [1.165, 1.54) is 0 Å². The standard InChI is InChI=1S/C14H24N4O6S5/c19-27(20)3-1-9(5-27)15-13(25)17-11-7-29(23,24)8-12(11)18-14(26)16-10-2-4-28(21,22)6-10/h9-12H,1-8H2,(H2,15,17,25)(H2,16,18,26). The predicted octanol–water partition coefficient (Wildman–Crippen LogP) is -2.55. The molecule has 0 radical (unpaired) electrons. The van der Waals surface area contributed by atoms with E-state index in [0.29, 0.717) is 12.8 Å². The number of sulfone groups is 3. The van der Waals surface area contributed by atoms with Crippen molar-refractivity contribution >= 4 is 64.2 Å². The molecule has 0 aromatic rings. The smallest absolute Gasteiger partial charge is 0.166 e. The van der Waals surface area contributed by atoms with Gasteiger partial charge in [0, 0.05) is 12.1 Å². The summed E-state index contributed by atoms with van der Waals surface area (Å²) in [4.78, 5) is 0. The van der Waals surface area contributed by atoms with Crippen molar-refractivity contribution in [3.8, 4) is 0 Å². The second-order valence-corrected chi connectivity index (χ2v) is 15.2. The Labute approximate surface area is 181 Å². The zero-order valence-corrected chi connectivity index (χ0v) is 19.5. The van der Waals surface area contributed by atoms with Crippen LogP contribution in [0.1, 0.15) is 12.8 Å². The Morgan fingerprint density at radius 1 is 0.586 bits per heavy atom. The molecule has 3 aliphatic heterocycles. The fourth-order valence-corrected chi connectivity index (χ4v) is 9.59. The highest BCUT2D eigenvalue weighted by atomic mass is 32.2. The van der Waals surface area contributed by atoms with Crippen LogP contribution < -0.4 is 21.3 Å². The lowest BCUT2D eigenvalue weighted by Gasteiger charge is -2.25. The second-order valence-electron chi connectivity index (χ2n) is 7.73. The van der Waals surface area contributed by atoms with Crippen LogP contribution in [0.25, 0.3) is 0 Å². The van der Waals surface area contributed by atoms with E-state index in [1.54, 1.807) is 0 Å². The van der Waals surface area contributed by atoms with Crippen LogP contribution in [0.15, 0.2) is 0 Å². The van der Waals surface area contributed by atoms with Crippen molar-refractivity contribution < 1.29 is 25.3 Å². The zero-order chi connectivity index (χ0) is 21.4. The summed E-state index contributed by atoms with van der Waals surface area (Å²) in [5.41, 5.74) is 0. The minimum absolute atomic E-state index is 0.00222. The van der Waals surface area contributed by atoms with Gasteiger partial charge in [-0.25, -0.2) is 25.3 Å². The molecule has 0 amide bonds. The van der Waals surface area contributed by atoms with Crippen molar-refractivity contribution in [2.45, 2.75) is 37.0 Å². The van der Waals surface area contributed by atoms with Crippen LogP contribution in [0, 0.1) is 0 Å². The molecule has 4 N–H and O–H groups in total. The van der Waals surface area contributed by atoms with E-state index >= 15 is 0 Å². The normalized spacial score (nSPS) is 34.3. The topological polar surface area (TPSA) is 151 Å². The Kier molecular flexibility index (Phi) is 6.63. The summed E-state index contributed by atoms with van der Waals surface area (Å²) >= 11 is 10.5. The summed E-state index contributed by atoms with van der Waals surface area (Å²) in [7, 11) is -9.44. The van der Waals surface area contributed by atoms with E-state index in [2.05, 4.69) is 21.3 Å². The van der Waals surface area contributed by atoms with Gasteiger partial charge in [-0.05, 0) is 37.3 Å². The largest absolute Gasteiger partial charge is 0.359 e.